The van der Waals surface area contributed by atoms with Crippen LogP contribution in [-0.4, -0.2) is 14.9 Å². The molecule has 0 spiro atoms. The van der Waals surface area contributed by atoms with Crippen LogP contribution in [0.15, 0.2) is 6.20 Å². The monoisotopic (exact) mass is 258 g/mol. The van der Waals surface area contributed by atoms with E-state index in [2.05, 4.69) is 18.9 Å². The van der Waals surface area contributed by atoms with Crippen molar-refractivity contribution in [1.29, 1.82) is 0 Å². The first-order valence-corrected chi connectivity index (χ1v) is 6.85. The van der Waals surface area contributed by atoms with Gasteiger partial charge in [-0.3, -0.25) is 4.68 Å². The molecule has 1 N–H and O–H groups in total. The minimum atomic E-state index is -0.877. The highest BCUT2D eigenvalue weighted by molar-refractivity contribution is 6.31. The van der Waals surface area contributed by atoms with E-state index < -0.39 is 5.60 Å². The number of aryl methyl sites for hydroxylation is 1. The quantitative estimate of drug-likeness (QED) is 0.757. The van der Waals surface area contributed by atoms with Crippen LogP contribution in [0.4, 0.5) is 0 Å². The molecule has 1 aromatic heterocycles. The standard InChI is InChI=1S/C13H23ClN2O/c1-4-6-7-8-13(3,17)12-11(14)10-15-16(12)9-5-2/h10,17H,4-9H2,1-3H3. The van der Waals surface area contributed by atoms with E-state index in [0.29, 0.717) is 5.02 Å². The summed E-state index contributed by atoms with van der Waals surface area (Å²) in [7, 11) is 0. The fourth-order valence-electron chi connectivity index (χ4n) is 2.12. The highest BCUT2D eigenvalue weighted by Crippen LogP contribution is 2.32. The normalized spacial score (nSPS) is 14.9. The Balaban J connectivity index is 2.84. The van der Waals surface area contributed by atoms with Gasteiger partial charge in [0.15, 0.2) is 0 Å². The molecule has 0 aliphatic carbocycles. The van der Waals surface area contributed by atoms with Crippen molar-refractivity contribution in [3.8, 4) is 0 Å². The molecular weight excluding hydrogens is 236 g/mol. The minimum absolute atomic E-state index is 0.569. The second-order valence-corrected chi connectivity index (χ2v) is 5.20. The summed E-state index contributed by atoms with van der Waals surface area (Å²) in [5.41, 5.74) is -0.116. The van der Waals surface area contributed by atoms with Crippen LogP contribution in [0.1, 0.15) is 58.6 Å². The molecular formula is C13H23ClN2O. The van der Waals surface area contributed by atoms with Crippen LogP contribution in [0, 0.1) is 0 Å². The highest BCUT2D eigenvalue weighted by atomic mass is 35.5. The molecule has 3 nitrogen and oxygen atoms in total. The predicted octanol–water partition coefficient (Wildman–Crippen LogP) is 3.73. The molecule has 1 heterocycles. The molecule has 0 aliphatic rings. The van der Waals surface area contributed by atoms with Gasteiger partial charge in [0.2, 0.25) is 0 Å². The molecule has 98 valence electrons. The number of aliphatic hydroxyl groups is 1. The Kier molecular flexibility index (Phi) is 5.47. The number of unbranched alkanes of at least 4 members (excludes halogenated alkanes) is 2. The zero-order valence-electron chi connectivity index (χ0n) is 11.0. The fraction of sp³-hybridized carbons (Fsp3) is 0.769. The van der Waals surface area contributed by atoms with Crippen LogP contribution in [0.2, 0.25) is 5.02 Å². The molecule has 4 heteroatoms. The molecule has 0 saturated heterocycles. The molecule has 0 saturated carbocycles. The Labute approximate surface area is 109 Å². The van der Waals surface area contributed by atoms with Gasteiger partial charge in [0, 0.05) is 6.54 Å². The van der Waals surface area contributed by atoms with Crippen LogP contribution in [0.5, 0.6) is 0 Å². The van der Waals surface area contributed by atoms with Gasteiger partial charge in [0.05, 0.1) is 16.9 Å². The molecule has 1 aromatic rings. The van der Waals surface area contributed by atoms with Crippen molar-refractivity contribution in [3.63, 3.8) is 0 Å². The summed E-state index contributed by atoms with van der Waals surface area (Å²) < 4.78 is 1.83. The summed E-state index contributed by atoms with van der Waals surface area (Å²) in [5, 5.41) is 15.3. The van der Waals surface area contributed by atoms with Crippen molar-refractivity contribution in [2.24, 2.45) is 0 Å². The first-order chi connectivity index (χ1) is 8.03. The van der Waals surface area contributed by atoms with Gasteiger partial charge in [0.1, 0.15) is 5.60 Å². The van der Waals surface area contributed by atoms with Gasteiger partial charge in [-0.1, -0.05) is 44.7 Å². The van der Waals surface area contributed by atoms with Gasteiger partial charge in [-0.05, 0) is 19.8 Å². The minimum Gasteiger partial charge on any atom is -0.384 e. The molecule has 1 unspecified atom stereocenters. The Hall–Kier alpha value is -0.540. The second-order valence-electron chi connectivity index (χ2n) is 4.80. The molecule has 0 amide bonds. The maximum Gasteiger partial charge on any atom is 0.105 e. The van der Waals surface area contributed by atoms with Gasteiger partial charge in [-0.15, -0.1) is 0 Å². The number of halogens is 1. The topological polar surface area (TPSA) is 38.1 Å². The van der Waals surface area contributed by atoms with E-state index in [9.17, 15) is 5.11 Å². The predicted molar refractivity (Wildman–Crippen MR) is 71.2 cm³/mol. The molecule has 0 bridgehead atoms. The molecule has 0 aromatic carbocycles. The van der Waals surface area contributed by atoms with Gasteiger partial charge >= 0.3 is 0 Å². The smallest absolute Gasteiger partial charge is 0.105 e. The van der Waals surface area contributed by atoms with E-state index >= 15 is 0 Å². The summed E-state index contributed by atoms with van der Waals surface area (Å²) in [6.45, 7) is 6.87. The van der Waals surface area contributed by atoms with E-state index in [0.717, 1.165) is 44.3 Å². The number of rotatable bonds is 7. The number of hydrogen-bond donors (Lipinski definition) is 1. The van der Waals surface area contributed by atoms with E-state index in [-0.39, 0.29) is 0 Å². The lowest BCUT2D eigenvalue weighted by Crippen LogP contribution is -2.26. The average molecular weight is 259 g/mol. The van der Waals surface area contributed by atoms with Crippen LogP contribution in [-0.2, 0) is 12.1 Å². The number of aromatic nitrogens is 2. The Morgan fingerprint density at radius 1 is 1.35 bits per heavy atom. The molecule has 0 aliphatic heterocycles. The van der Waals surface area contributed by atoms with Crippen LogP contribution in [0.3, 0.4) is 0 Å². The van der Waals surface area contributed by atoms with Crippen LogP contribution < -0.4 is 0 Å². The van der Waals surface area contributed by atoms with E-state index in [1.54, 1.807) is 6.20 Å². The molecule has 1 rings (SSSR count). The van der Waals surface area contributed by atoms with Crippen molar-refractivity contribution < 1.29 is 5.11 Å². The van der Waals surface area contributed by atoms with Crippen molar-refractivity contribution in [2.45, 2.75) is 65.0 Å². The lowest BCUT2D eigenvalue weighted by atomic mass is 9.94. The summed E-state index contributed by atoms with van der Waals surface area (Å²) >= 11 is 6.13. The van der Waals surface area contributed by atoms with Crippen LogP contribution >= 0.6 is 11.6 Å². The molecule has 17 heavy (non-hydrogen) atoms. The van der Waals surface area contributed by atoms with Crippen molar-refractivity contribution in [1.82, 2.24) is 9.78 Å². The largest absolute Gasteiger partial charge is 0.384 e. The first kappa shape index (κ1) is 14.5. The highest BCUT2D eigenvalue weighted by Gasteiger charge is 2.29. The van der Waals surface area contributed by atoms with Gasteiger partial charge < -0.3 is 5.11 Å². The lowest BCUT2D eigenvalue weighted by Gasteiger charge is -2.25. The third-order valence-electron chi connectivity index (χ3n) is 3.01. The maximum absolute atomic E-state index is 10.5. The zero-order valence-corrected chi connectivity index (χ0v) is 11.8. The Morgan fingerprint density at radius 3 is 2.65 bits per heavy atom. The summed E-state index contributed by atoms with van der Waals surface area (Å²) in [6.07, 6.45) is 6.64. The first-order valence-electron chi connectivity index (χ1n) is 6.47. The van der Waals surface area contributed by atoms with E-state index in [4.69, 9.17) is 11.6 Å². The third-order valence-corrected chi connectivity index (χ3v) is 3.28. The number of nitrogens with zero attached hydrogens (tertiary/aromatic N) is 2. The molecule has 0 fully saturated rings. The average Bonchev–Trinajstić information content (AvgIpc) is 2.61. The Morgan fingerprint density at radius 2 is 2.06 bits per heavy atom. The molecule has 1 atom stereocenters. The van der Waals surface area contributed by atoms with Crippen molar-refractivity contribution in [2.75, 3.05) is 0 Å². The van der Waals surface area contributed by atoms with Crippen LogP contribution in [0.25, 0.3) is 0 Å². The lowest BCUT2D eigenvalue weighted by molar-refractivity contribution is 0.0356. The second kappa shape index (κ2) is 6.41. The third kappa shape index (κ3) is 3.71. The number of hydrogen-bond acceptors (Lipinski definition) is 2. The summed E-state index contributed by atoms with van der Waals surface area (Å²) in [4.78, 5) is 0. The van der Waals surface area contributed by atoms with Gasteiger partial charge in [0.25, 0.3) is 0 Å². The van der Waals surface area contributed by atoms with Gasteiger partial charge in [-0.2, -0.15) is 5.10 Å². The maximum atomic E-state index is 10.5. The zero-order chi connectivity index (χ0) is 12.9. The van der Waals surface area contributed by atoms with E-state index in [1.807, 2.05) is 11.6 Å². The van der Waals surface area contributed by atoms with Crippen molar-refractivity contribution in [3.05, 3.63) is 16.9 Å². The SMILES string of the molecule is CCCCCC(C)(O)c1c(Cl)cnn1CCC. The summed E-state index contributed by atoms with van der Waals surface area (Å²) in [5.74, 6) is 0. The van der Waals surface area contributed by atoms with Gasteiger partial charge in [-0.25, -0.2) is 0 Å². The fourth-order valence-corrected chi connectivity index (χ4v) is 2.46. The Bertz CT molecular complexity index is 347. The molecule has 0 radical (unpaired) electrons. The van der Waals surface area contributed by atoms with E-state index in [1.165, 1.54) is 0 Å². The van der Waals surface area contributed by atoms with Crippen molar-refractivity contribution >= 4 is 11.6 Å². The summed E-state index contributed by atoms with van der Waals surface area (Å²) in [6, 6.07) is 0.